The molecule has 0 atom stereocenters. The molecule has 6 nitrogen and oxygen atoms in total. The number of benzene rings is 1. The monoisotopic (exact) mass is 361 g/mol. The Morgan fingerprint density at radius 1 is 1.20 bits per heavy atom. The highest BCUT2D eigenvalue weighted by Gasteiger charge is 2.24. The molecule has 2 aromatic rings. The van der Waals surface area contributed by atoms with Gasteiger partial charge in [-0.2, -0.15) is 0 Å². The number of likely N-dealkylation sites (tertiary alicyclic amines) is 1. The van der Waals surface area contributed by atoms with Crippen LogP contribution in [-0.4, -0.2) is 47.1 Å². The number of amides is 1. The molecule has 0 aliphatic carbocycles. The van der Waals surface area contributed by atoms with Gasteiger partial charge in [0, 0.05) is 25.9 Å². The number of piperidine rings is 1. The van der Waals surface area contributed by atoms with Crippen LogP contribution in [0.25, 0.3) is 0 Å². The first kappa shape index (κ1) is 17.5. The Balaban J connectivity index is 1.47. The topological polar surface area (TPSA) is 64.5 Å². The maximum atomic E-state index is 12.4. The average molecular weight is 362 g/mol. The van der Waals surface area contributed by atoms with Crippen LogP contribution in [0.1, 0.15) is 18.4 Å². The van der Waals surface area contributed by atoms with Gasteiger partial charge in [-0.3, -0.25) is 4.79 Å². The van der Waals surface area contributed by atoms with E-state index in [-0.39, 0.29) is 12.0 Å². The van der Waals surface area contributed by atoms with Crippen LogP contribution >= 0.6 is 11.6 Å². The van der Waals surface area contributed by atoms with Crippen molar-refractivity contribution in [2.24, 2.45) is 0 Å². The molecule has 1 saturated heterocycles. The van der Waals surface area contributed by atoms with Crippen molar-refractivity contribution in [2.75, 3.05) is 20.2 Å². The Kier molecular flexibility index (Phi) is 5.71. The van der Waals surface area contributed by atoms with Gasteiger partial charge in [-0.25, -0.2) is 9.97 Å². The number of ether oxygens (including phenoxy) is 2. The van der Waals surface area contributed by atoms with E-state index in [4.69, 9.17) is 21.1 Å². The summed E-state index contributed by atoms with van der Waals surface area (Å²) < 4.78 is 10.9. The number of carbonyl (C=O) groups is 1. The predicted molar refractivity (Wildman–Crippen MR) is 94.0 cm³/mol. The van der Waals surface area contributed by atoms with Gasteiger partial charge in [0.2, 0.25) is 5.91 Å². The van der Waals surface area contributed by atoms with Gasteiger partial charge in [-0.15, -0.1) is 0 Å². The summed E-state index contributed by atoms with van der Waals surface area (Å²) in [5.74, 6) is 0.921. The summed E-state index contributed by atoms with van der Waals surface area (Å²) in [6.45, 7) is 1.35. The molecule has 25 heavy (non-hydrogen) atoms. The number of aromatic nitrogens is 2. The third-order valence-corrected chi connectivity index (χ3v) is 4.37. The van der Waals surface area contributed by atoms with Gasteiger partial charge in [0.05, 0.1) is 30.9 Å². The molecule has 0 bridgehead atoms. The second kappa shape index (κ2) is 8.16. The standard InChI is InChI=1S/C18H20ClN3O3/c1-24-15-4-2-13(3-5-15)10-17(23)22-8-6-16(7-9-22)25-18-20-11-14(19)12-21-18/h2-5,11-12,16H,6-10H2,1H3. The van der Waals surface area contributed by atoms with Crippen LogP contribution in [0.3, 0.4) is 0 Å². The van der Waals surface area contributed by atoms with Gasteiger partial charge < -0.3 is 14.4 Å². The molecule has 2 heterocycles. The van der Waals surface area contributed by atoms with Crippen LogP contribution in [-0.2, 0) is 11.2 Å². The van der Waals surface area contributed by atoms with E-state index < -0.39 is 0 Å². The van der Waals surface area contributed by atoms with Crippen molar-refractivity contribution >= 4 is 17.5 Å². The molecule has 1 aromatic heterocycles. The number of nitrogens with zero attached hydrogens (tertiary/aromatic N) is 3. The van der Waals surface area contributed by atoms with Gasteiger partial charge in [0.15, 0.2) is 0 Å². The Morgan fingerprint density at radius 2 is 1.84 bits per heavy atom. The zero-order valence-electron chi connectivity index (χ0n) is 14.0. The van der Waals surface area contributed by atoms with Crippen molar-refractivity contribution in [3.63, 3.8) is 0 Å². The van der Waals surface area contributed by atoms with Crippen molar-refractivity contribution in [3.05, 3.63) is 47.2 Å². The zero-order valence-corrected chi connectivity index (χ0v) is 14.8. The third-order valence-electron chi connectivity index (χ3n) is 4.18. The van der Waals surface area contributed by atoms with Crippen molar-refractivity contribution < 1.29 is 14.3 Å². The lowest BCUT2D eigenvalue weighted by Crippen LogP contribution is -2.42. The Hall–Kier alpha value is -2.34. The second-order valence-electron chi connectivity index (χ2n) is 5.91. The van der Waals surface area contributed by atoms with E-state index in [1.54, 1.807) is 7.11 Å². The van der Waals surface area contributed by atoms with Gasteiger partial charge in [0.25, 0.3) is 0 Å². The second-order valence-corrected chi connectivity index (χ2v) is 6.34. The summed E-state index contributed by atoms with van der Waals surface area (Å²) in [6, 6.07) is 7.91. The van der Waals surface area contributed by atoms with Crippen LogP contribution in [0.5, 0.6) is 11.8 Å². The van der Waals surface area contributed by atoms with Crippen LogP contribution in [0.2, 0.25) is 5.02 Å². The molecule has 1 amide bonds. The minimum absolute atomic E-state index is 0.0196. The molecule has 132 valence electrons. The minimum Gasteiger partial charge on any atom is -0.497 e. The van der Waals surface area contributed by atoms with Crippen molar-refractivity contribution in [1.82, 2.24) is 14.9 Å². The smallest absolute Gasteiger partial charge is 0.316 e. The summed E-state index contributed by atoms with van der Waals surface area (Å²) >= 11 is 5.76. The Labute approximate surface area is 151 Å². The molecular weight excluding hydrogens is 342 g/mol. The molecule has 0 radical (unpaired) electrons. The highest BCUT2D eigenvalue weighted by Crippen LogP contribution is 2.18. The molecule has 0 N–H and O–H groups in total. The fourth-order valence-corrected chi connectivity index (χ4v) is 2.86. The molecule has 1 aromatic carbocycles. The SMILES string of the molecule is COc1ccc(CC(=O)N2CCC(Oc3ncc(Cl)cn3)CC2)cc1. The molecule has 7 heteroatoms. The van der Waals surface area contributed by atoms with Crippen molar-refractivity contribution in [3.8, 4) is 11.8 Å². The van der Waals surface area contributed by atoms with Crippen LogP contribution in [0.15, 0.2) is 36.7 Å². The number of halogens is 1. The predicted octanol–water partition coefficient (Wildman–Crippen LogP) is 2.75. The molecular formula is C18H20ClN3O3. The van der Waals surface area contributed by atoms with Crippen LogP contribution in [0.4, 0.5) is 0 Å². The quantitative estimate of drug-likeness (QED) is 0.819. The maximum Gasteiger partial charge on any atom is 0.316 e. The van der Waals surface area contributed by atoms with Gasteiger partial charge in [-0.05, 0) is 17.7 Å². The normalized spacial score (nSPS) is 15.0. The van der Waals surface area contributed by atoms with E-state index in [9.17, 15) is 4.79 Å². The first-order valence-corrected chi connectivity index (χ1v) is 8.57. The highest BCUT2D eigenvalue weighted by atomic mass is 35.5. The first-order valence-electron chi connectivity index (χ1n) is 8.19. The van der Waals surface area contributed by atoms with E-state index in [0.29, 0.717) is 30.5 Å². The molecule has 1 aliphatic rings. The lowest BCUT2D eigenvalue weighted by Gasteiger charge is -2.31. The fourth-order valence-electron chi connectivity index (χ4n) is 2.76. The molecule has 0 unspecified atom stereocenters. The summed E-state index contributed by atoms with van der Waals surface area (Å²) in [5, 5.41) is 0.478. The zero-order chi connectivity index (χ0) is 17.6. The number of hydrogen-bond acceptors (Lipinski definition) is 5. The molecule has 0 spiro atoms. The fraction of sp³-hybridized carbons (Fsp3) is 0.389. The summed E-state index contributed by atoms with van der Waals surface area (Å²) in [5.41, 5.74) is 0.985. The summed E-state index contributed by atoms with van der Waals surface area (Å²) in [4.78, 5) is 22.4. The molecule has 0 saturated carbocycles. The molecule has 1 fully saturated rings. The van der Waals surface area contributed by atoms with E-state index in [1.807, 2.05) is 29.2 Å². The van der Waals surface area contributed by atoms with Crippen LogP contribution < -0.4 is 9.47 Å². The third kappa shape index (κ3) is 4.82. The first-order chi connectivity index (χ1) is 12.1. The van der Waals surface area contributed by atoms with Gasteiger partial charge in [-0.1, -0.05) is 23.7 Å². The minimum atomic E-state index is 0.0196. The molecule has 3 rings (SSSR count). The number of carbonyl (C=O) groups excluding carboxylic acids is 1. The van der Waals surface area contributed by atoms with E-state index in [2.05, 4.69) is 9.97 Å². The lowest BCUT2D eigenvalue weighted by atomic mass is 10.1. The van der Waals surface area contributed by atoms with Crippen LogP contribution in [0, 0.1) is 0 Å². The van der Waals surface area contributed by atoms with Crippen molar-refractivity contribution in [2.45, 2.75) is 25.4 Å². The number of hydrogen-bond donors (Lipinski definition) is 0. The average Bonchev–Trinajstić information content (AvgIpc) is 2.65. The summed E-state index contributed by atoms with van der Waals surface area (Å²) in [6.07, 6.45) is 4.97. The Morgan fingerprint density at radius 3 is 2.44 bits per heavy atom. The lowest BCUT2D eigenvalue weighted by molar-refractivity contribution is -0.132. The van der Waals surface area contributed by atoms with Crippen molar-refractivity contribution in [1.29, 1.82) is 0 Å². The largest absolute Gasteiger partial charge is 0.497 e. The maximum absolute atomic E-state index is 12.4. The summed E-state index contributed by atoms with van der Waals surface area (Å²) in [7, 11) is 1.63. The number of methoxy groups -OCH3 is 1. The van der Waals surface area contributed by atoms with E-state index in [0.717, 1.165) is 24.2 Å². The van der Waals surface area contributed by atoms with Gasteiger partial charge >= 0.3 is 6.01 Å². The number of rotatable bonds is 5. The van der Waals surface area contributed by atoms with E-state index >= 15 is 0 Å². The molecule has 1 aliphatic heterocycles. The highest BCUT2D eigenvalue weighted by molar-refractivity contribution is 6.30. The Bertz CT molecular complexity index is 699. The van der Waals surface area contributed by atoms with Gasteiger partial charge in [0.1, 0.15) is 11.9 Å². The van der Waals surface area contributed by atoms with E-state index in [1.165, 1.54) is 12.4 Å².